The highest BCUT2D eigenvalue weighted by atomic mass is 35.5. The molecule has 3 aliphatic rings. The van der Waals surface area contributed by atoms with Crippen LogP contribution >= 0.6 is 12.4 Å². The van der Waals surface area contributed by atoms with Crippen LogP contribution in [0.25, 0.3) is 0 Å². The summed E-state index contributed by atoms with van der Waals surface area (Å²) in [5.41, 5.74) is 0. The third-order valence-corrected chi connectivity index (χ3v) is 4.10. The van der Waals surface area contributed by atoms with Crippen LogP contribution in [0.2, 0.25) is 0 Å². The first-order valence-corrected chi connectivity index (χ1v) is 7.02. The Kier molecular flexibility index (Phi) is 3.96. The Morgan fingerprint density at radius 2 is 1.94 bits per heavy atom. The molecule has 0 radical (unpaired) electrons. The Morgan fingerprint density at radius 3 is 2.59 bits per heavy atom. The molecule has 0 aromatic rings. The van der Waals surface area contributed by atoms with Crippen molar-refractivity contribution in [3.63, 3.8) is 0 Å². The van der Waals surface area contributed by atoms with E-state index in [9.17, 15) is 8.42 Å². The third kappa shape index (κ3) is 2.74. The molecule has 0 spiro atoms. The second kappa shape index (κ2) is 4.99. The van der Waals surface area contributed by atoms with Crippen molar-refractivity contribution in [1.82, 2.24) is 5.06 Å². The molecule has 1 saturated carbocycles. The molecule has 3 rings (SSSR count). The van der Waals surface area contributed by atoms with E-state index in [0.717, 1.165) is 25.7 Å². The van der Waals surface area contributed by atoms with Gasteiger partial charge in [0.2, 0.25) is 0 Å². The zero-order valence-electron chi connectivity index (χ0n) is 9.28. The lowest BCUT2D eigenvalue weighted by molar-refractivity contribution is -0.197. The number of hydroxylamine groups is 2. The SMILES string of the molecule is Cl.O=S1(=O)OC2C(OC3CCC3)CCCN2O1. The first-order chi connectivity index (χ1) is 7.64. The van der Waals surface area contributed by atoms with Crippen molar-refractivity contribution in [1.29, 1.82) is 0 Å². The highest BCUT2D eigenvalue weighted by Gasteiger charge is 2.46. The average Bonchev–Trinajstić information content (AvgIpc) is 2.46. The molecule has 2 aliphatic heterocycles. The van der Waals surface area contributed by atoms with Gasteiger partial charge in [-0.05, 0) is 32.1 Å². The van der Waals surface area contributed by atoms with Crippen LogP contribution in [-0.4, -0.2) is 38.5 Å². The van der Waals surface area contributed by atoms with Gasteiger partial charge in [0.05, 0.1) is 6.10 Å². The van der Waals surface area contributed by atoms with E-state index >= 15 is 0 Å². The Balaban J connectivity index is 0.00000108. The van der Waals surface area contributed by atoms with Crippen LogP contribution in [0.15, 0.2) is 0 Å². The Morgan fingerprint density at radius 1 is 1.18 bits per heavy atom. The molecule has 2 atom stereocenters. The summed E-state index contributed by atoms with van der Waals surface area (Å²) in [5.74, 6) is 0. The fraction of sp³-hybridized carbons (Fsp3) is 1.00. The van der Waals surface area contributed by atoms with E-state index in [0.29, 0.717) is 6.54 Å². The molecule has 2 saturated heterocycles. The van der Waals surface area contributed by atoms with Gasteiger partial charge in [0, 0.05) is 6.54 Å². The highest BCUT2D eigenvalue weighted by molar-refractivity contribution is 7.82. The van der Waals surface area contributed by atoms with Crippen molar-refractivity contribution in [3.8, 4) is 0 Å². The van der Waals surface area contributed by atoms with Crippen molar-refractivity contribution in [2.45, 2.75) is 50.5 Å². The zero-order valence-corrected chi connectivity index (χ0v) is 10.9. The number of halogens is 1. The third-order valence-electron chi connectivity index (χ3n) is 3.29. The van der Waals surface area contributed by atoms with Crippen LogP contribution in [0.3, 0.4) is 0 Å². The van der Waals surface area contributed by atoms with E-state index in [1.165, 1.54) is 11.5 Å². The van der Waals surface area contributed by atoms with Crippen LogP contribution in [0.1, 0.15) is 32.1 Å². The number of hydrogen-bond acceptors (Lipinski definition) is 6. The van der Waals surface area contributed by atoms with Gasteiger partial charge in [-0.15, -0.1) is 17.5 Å². The monoisotopic (exact) mass is 285 g/mol. The second-order valence-electron chi connectivity index (χ2n) is 4.48. The lowest BCUT2D eigenvalue weighted by Gasteiger charge is -2.36. The normalized spacial score (nSPS) is 36.9. The predicted molar refractivity (Wildman–Crippen MR) is 60.6 cm³/mol. The van der Waals surface area contributed by atoms with Gasteiger partial charge in [0.1, 0.15) is 6.10 Å². The van der Waals surface area contributed by atoms with Crippen LogP contribution in [0, 0.1) is 0 Å². The molecule has 0 N–H and O–H groups in total. The molecule has 0 bridgehead atoms. The van der Waals surface area contributed by atoms with E-state index < -0.39 is 16.6 Å². The minimum atomic E-state index is -3.84. The van der Waals surface area contributed by atoms with Crippen LogP contribution < -0.4 is 0 Å². The summed E-state index contributed by atoms with van der Waals surface area (Å²) in [4.78, 5) is 0. The summed E-state index contributed by atoms with van der Waals surface area (Å²) < 4.78 is 37.8. The molecule has 0 aromatic carbocycles. The molecule has 100 valence electrons. The predicted octanol–water partition coefficient (Wildman–Crippen LogP) is 0.974. The maximum atomic E-state index is 11.2. The number of piperidine rings is 1. The number of ether oxygens (including phenoxy) is 1. The summed E-state index contributed by atoms with van der Waals surface area (Å²) in [6.45, 7) is 0.578. The largest absolute Gasteiger partial charge is 0.418 e. The Bertz CT molecular complexity index is 372. The number of fused-ring (bicyclic) bond motifs is 1. The Hall–Kier alpha value is 0.0800. The lowest BCUT2D eigenvalue weighted by Crippen LogP contribution is -2.47. The van der Waals surface area contributed by atoms with Gasteiger partial charge in [-0.1, -0.05) is 0 Å². The molecule has 8 heteroatoms. The topological polar surface area (TPSA) is 65.1 Å². The fourth-order valence-electron chi connectivity index (χ4n) is 2.24. The van der Waals surface area contributed by atoms with Crippen LogP contribution in [-0.2, 0) is 23.6 Å². The smallest absolute Gasteiger partial charge is 0.371 e. The van der Waals surface area contributed by atoms with Gasteiger partial charge in [0.25, 0.3) is 0 Å². The zero-order chi connectivity index (χ0) is 11.2. The molecule has 0 amide bonds. The van der Waals surface area contributed by atoms with E-state index in [1.54, 1.807) is 0 Å². The fourth-order valence-corrected chi connectivity index (χ4v) is 3.13. The lowest BCUT2D eigenvalue weighted by atomic mass is 9.95. The Labute approximate surface area is 107 Å². The summed E-state index contributed by atoms with van der Waals surface area (Å²) in [6, 6.07) is 0. The quantitative estimate of drug-likeness (QED) is 0.753. The standard InChI is InChI=1S/C9H15NO5S.ClH/c11-16(12)14-9-8(13-7-3-1-4-7)5-2-6-10(9)15-16;/h7-9H,1-6H2;1H. The van der Waals surface area contributed by atoms with E-state index in [2.05, 4.69) is 0 Å². The van der Waals surface area contributed by atoms with Crippen molar-refractivity contribution >= 4 is 22.8 Å². The van der Waals surface area contributed by atoms with Crippen molar-refractivity contribution in [3.05, 3.63) is 0 Å². The highest BCUT2D eigenvalue weighted by Crippen LogP contribution is 2.33. The van der Waals surface area contributed by atoms with Gasteiger partial charge in [-0.2, -0.15) is 12.7 Å². The van der Waals surface area contributed by atoms with Crippen molar-refractivity contribution < 1.29 is 21.6 Å². The summed E-state index contributed by atoms with van der Waals surface area (Å²) in [5, 5.41) is 1.38. The van der Waals surface area contributed by atoms with Crippen molar-refractivity contribution in [2.24, 2.45) is 0 Å². The van der Waals surface area contributed by atoms with Crippen molar-refractivity contribution in [2.75, 3.05) is 6.54 Å². The van der Waals surface area contributed by atoms with E-state index in [1.807, 2.05) is 0 Å². The molecule has 1 aliphatic carbocycles. The molecule has 0 aromatic heterocycles. The summed E-state index contributed by atoms with van der Waals surface area (Å²) in [7, 11) is -3.84. The maximum Gasteiger partial charge on any atom is 0.418 e. The molecule has 2 unspecified atom stereocenters. The van der Waals surface area contributed by atoms with Gasteiger partial charge < -0.3 is 4.74 Å². The van der Waals surface area contributed by atoms with Crippen LogP contribution in [0.4, 0.5) is 0 Å². The number of hydrogen-bond donors (Lipinski definition) is 0. The number of nitrogens with zero attached hydrogens (tertiary/aromatic N) is 1. The summed E-state index contributed by atoms with van der Waals surface area (Å²) in [6.07, 6.45) is 4.53. The first kappa shape index (κ1) is 13.5. The molecule has 17 heavy (non-hydrogen) atoms. The van der Waals surface area contributed by atoms with E-state index in [-0.39, 0.29) is 24.6 Å². The molecular weight excluding hydrogens is 270 g/mol. The maximum absolute atomic E-state index is 11.2. The minimum Gasteiger partial charge on any atom is -0.371 e. The number of rotatable bonds is 2. The molecule has 6 nitrogen and oxygen atoms in total. The first-order valence-electron chi connectivity index (χ1n) is 5.69. The van der Waals surface area contributed by atoms with Gasteiger partial charge >= 0.3 is 10.4 Å². The van der Waals surface area contributed by atoms with Gasteiger partial charge in [-0.25, -0.2) is 4.18 Å². The summed E-state index contributed by atoms with van der Waals surface area (Å²) >= 11 is 0. The minimum absolute atomic E-state index is 0. The van der Waals surface area contributed by atoms with Gasteiger partial charge in [0.15, 0.2) is 6.23 Å². The molecule has 2 heterocycles. The second-order valence-corrected chi connectivity index (χ2v) is 5.64. The molecule has 3 fully saturated rings. The van der Waals surface area contributed by atoms with Crippen LogP contribution in [0.5, 0.6) is 0 Å². The van der Waals surface area contributed by atoms with Gasteiger partial charge in [-0.3, -0.25) is 0 Å². The van der Waals surface area contributed by atoms with E-state index in [4.69, 9.17) is 13.2 Å². The molecular formula is C9H16ClNO5S. The average molecular weight is 286 g/mol.